The van der Waals surface area contributed by atoms with Crippen molar-refractivity contribution in [1.29, 1.82) is 0 Å². The second-order valence-corrected chi connectivity index (χ2v) is 15.4. The highest BCUT2D eigenvalue weighted by Gasteiger charge is 2.32. The number of benzene rings is 4. The maximum atomic E-state index is 13.5. The zero-order chi connectivity index (χ0) is 42.2. The molecule has 11 heteroatoms. The fourth-order valence-electron chi connectivity index (χ4n) is 7.04. The van der Waals surface area contributed by atoms with Crippen molar-refractivity contribution >= 4 is 23.9 Å². The number of alkyl carbamates (subject to hydrolysis) is 1. The molecule has 0 spiro atoms. The van der Waals surface area contributed by atoms with E-state index in [1.165, 1.54) is 0 Å². The van der Waals surface area contributed by atoms with Crippen LogP contribution in [0.5, 0.6) is 5.75 Å². The molecule has 3 amide bonds. The topological polar surface area (TPSA) is 152 Å². The van der Waals surface area contributed by atoms with E-state index in [-0.39, 0.29) is 45.0 Å². The Labute approximate surface area is 346 Å². The first kappa shape index (κ1) is 43.9. The van der Waals surface area contributed by atoms with Crippen LogP contribution >= 0.6 is 0 Å². The average molecular weight is 802 g/mol. The van der Waals surface area contributed by atoms with Gasteiger partial charge >= 0.3 is 12.1 Å². The highest BCUT2D eigenvalue weighted by atomic mass is 16.6. The predicted octanol–water partition coefficient (Wildman–Crippen LogP) is 7.18. The lowest BCUT2D eigenvalue weighted by molar-refractivity contribution is -0.149. The molecule has 0 aromatic heterocycles. The molecule has 5 rings (SSSR count). The van der Waals surface area contributed by atoms with Crippen LogP contribution in [0.15, 0.2) is 128 Å². The number of aliphatic hydroxyl groups excluding tert-OH is 1. The average Bonchev–Trinajstić information content (AvgIpc) is 3.56. The van der Waals surface area contributed by atoms with Gasteiger partial charge in [0.2, 0.25) is 11.8 Å². The van der Waals surface area contributed by atoms with Gasteiger partial charge in [0, 0.05) is 12.3 Å². The molecule has 0 radical (unpaired) electrons. The maximum absolute atomic E-state index is 13.5. The van der Waals surface area contributed by atoms with E-state index >= 15 is 0 Å². The van der Waals surface area contributed by atoms with Gasteiger partial charge in [0.05, 0.1) is 24.1 Å². The molecule has 0 aliphatic heterocycles. The fraction of sp³-hybridized carbons (Fsp3) is 0.333. The molecule has 11 nitrogen and oxygen atoms in total. The minimum Gasteiger partial charge on any atom is -0.489 e. The van der Waals surface area contributed by atoms with Gasteiger partial charge in [-0.1, -0.05) is 103 Å². The van der Waals surface area contributed by atoms with Gasteiger partial charge in [-0.3, -0.25) is 9.59 Å². The molecular weight excluding hydrogens is 747 g/mol. The fourth-order valence-corrected chi connectivity index (χ4v) is 7.04. The highest BCUT2D eigenvalue weighted by Crippen LogP contribution is 2.44. The van der Waals surface area contributed by atoms with Gasteiger partial charge in [0.25, 0.3) is 0 Å². The van der Waals surface area contributed by atoms with E-state index in [0.29, 0.717) is 25.2 Å². The third kappa shape index (κ3) is 12.9. The molecule has 59 heavy (non-hydrogen) atoms. The standard InChI is InChI=1S/C48H55N3O8/c1-5-7-22-43(50-47(56)58-31-42-40-20-13-11-18-38(40)39-19-12-14-21-41(39)42)46(55)59-32-48(3,4)51-45(54)35(15-6-2)28-44(53)49-36(29-52)27-33-23-25-37(26-24-33)57-30-34-16-9-8-10-17-34/h5-6,8-14,16-21,23-26,35-36,42-43,52H,1-2,7,15,22,27-32H2,3-4H3,(H,49,53)(H,50,56)(H,51,54)/t35-,36+,43+/m1/s1. The van der Waals surface area contributed by atoms with Crippen LogP contribution in [-0.2, 0) is 36.9 Å². The third-order valence-corrected chi connectivity index (χ3v) is 10.1. The molecule has 0 fully saturated rings. The second-order valence-electron chi connectivity index (χ2n) is 15.4. The first-order valence-corrected chi connectivity index (χ1v) is 20.0. The zero-order valence-electron chi connectivity index (χ0n) is 33.9. The predicted molar refractivity (Wildman–Crippen MR) is 227 cm³/mol. The molecule has 4 N–H and O–H groups in total. The van der Waals surface area contributed by atoms with Gasteiger partial charge in [-0.25, -0.2) is 9.59 Å². The summed E-state index contributed by atoms with van der Waals surface area (Å²) in [6.07, 6.45) is 3.57. The van der Waals surface area contributed by atoms with Crippen molar-refractivity contribution in [2.45, 2.75) is 76.1 Å². The molecule has 310 valence electrons. The molecule has 0 saturated heterocycles. The normalized spacial score (nSPS) is 13.4. The van der Waals surface area contributed by atoms with E-state index in [4.69, 9.17) is 14.2 Å². The Morgan fingerprint density at radius 2 is 1.44 bits per heavy atom. The molecule has 4 aromatic carbocycles. The summed E-state index contributed by atoms with van der Waals surface area (Å²) in [7, 11) is 0. The number of ether oxygens (including phenoxy) is 3. The van der Waals surface area contributed by atoms with Crippen molar-refractivity contribution in [1.82, 2.24) is 16.0 Å². The van der Waals surface area contributed by atoms with Gasteiger partial charge in [-0.05, 0) is 85.0 Å². The Morgan fingerprint density at radius 1 is 0.797 bits per heavy atom. The number of hydrogen-bond donors (Lipinski definition) is 4. The highest BCUT2D eigenvalue weighted by molar-refractivity contribution is 5.86. The minimum absolute atomic E-state index is 0.0895. The first-order valence-electron chi connectivity index (χ1n) is 20.0. The van der Waals surface area contributed by atoms with Crippen LogP contribution in [-0.4, -0.2) is 66.4 Å². The quantitative estimate of drug-likeness (QED) is 0.0482. The Hall–Kier alpha value is -6.20. The summed E-state index contributed by atoms with van der Waals surface area (Å²) in [6, 6.07) is 31.8. The summed E-state index contributed by atoms with van der Waals surface area (Å²) in [6.45, 7) is 10.9. The number of amides is 3. The summed E-state index contributed by atoms with van der Waals surface area (Å²) in [5, 5.41) is 18.5. The van der Waals surface area contributed by atoms with E-state index in [1.807, 2.05) is 91.0 Å². The molecule has 4 aromatic rings. The smallest absolute Gasteiger partial charge is 0.407 e. The molecule has 3 atom stereocenters. The Kier molecular flexibility index (Phi) is 16.0. The molecule has 1 aliphatic carbocycles. The van der Waals surface area contributed by atoms with Gasteiger partial charge in [0.1, 0.15) is 31.6 Å². The monoisotopic (exact) mass is 801 g/mol. The van der Waals surface area contributed by atoms with Crippen molar-refractivity contribution < 1.29 is 38.5 Å². The number of rotatable bonds is 22. The Balaban J connectivity index is 1.08. The van der Waals surface area contributed by atoms with E-state index in [1.54, 1.807) is 26.0 Å². The second kappa shape index (κ2) is 21.5. The Morgan fingerprint density at radius 3 is 2.07 bits per heavy atom. The van der Waals surface area contributed by atoms with E-state index < -0.39 is 47.4 Å². The summed E-state index contributed by atoms with van der Waals surface area (Å²) < 4.78 is 17.2. The number of hydrogen-bond acceptors (Lipinski definition) is 8. The number of fused-ring (bicyclic) bond motifs is 3. The van der Waals surface area contributed by atoms with E-state index in [2.05, 4.69) is 41.2 Å². The van der Waals surface area contributed by atoms with Gasteiger partial charge in [0.15, 0.2) is 0 Å². The molecular formula is C48H55N3O8. The van der Waals surface area contributed by atoms with Gasteiger partial charge < -0.3 is 35.3 Å². The molecule has 0 unspecified atom stereocenters. The summed E-state index contributed by atoms with van der Waals surface area (Å²) >= 11 is 0. The summed E-state index contributed by atoms with van der Waals surface area (Å²) in [5.74, 6) is -1.71. The van der Waals surface area contributed by atoms with E-state index in [9.17, 15) is 24.3 Å². The zero-order valence-corrected chi connectivity index (χ0v) is 33.9. The van der Waals surface area contributed by atoms with Gasteiger partial charge in [-0.15, -0.1) is 13.2 Å². The van der Waals surface area contributed by atoms with Crippen LogP contribution in [0.3, 0.4) is 0 Å². The summed E-state index contributed by atoms with van der Waals surface area (Å²) in [4.78, 5) is 53.0. The van der Waals surface area contributed by atoms with Crippen LogP contribution in [0.4, 0.5) is 4.79 Å². The largest absolute Gasteiger partial charge is 0.489 e. The third-order valence-electron chi connectivity index (χ3n) is 10.1. The number of allylic oxidation sites excluding steroid dienone is 2. The number of aliphatic hydroxyl groups is 1. The van der Waals surface area contributed by atoms with E-state index in [0.717, 1.165) is 33.4 Å². The van der Waals surface area contributed by atoms with Crippen LogP contribution in [0, 0.1) is 5.92 Å². The molecule has 1 aliphatic rings. The number of carbonyl (C=O) groups excluding carboxylic acids is 4. The SMILES string of the molecule is C=CCC[C@H](NC(=O)OCC1c2ccccc2-c2ccccc21)C(=O)OCC(C)(C)NC(=O)[C@H](CC=C)CC(=O)N[C@H](CO)Cc1ccc(OCc2ccccc2)cc1. The molecule has 0 heterocycles. The van der Waals surface area contributed by atoms with Crippen molar-refractivity contribution in [3.63, 3.8) is 0 Å². The number of esters is 1. The molecule has 0 bridgehead atoms. The van der Waals surface area contributed by atoms with Crippen LogP contribution in [0.25, 0.3) is 11.1 Å². The molecule has 0 saturated carbocycles. The summed E-state index contributed by atoms with van der Waals surface area (Å²) in [5.41, 5.74) is 5.28. The van der Waals surface area contributed by atoms with Crippen LogP contribution < -0.4 is 20.7 Å². The van der Waals surface area contributed by atoms with Gasteiger partial charge in [-0.2, -0.15) is 0 Å². The first-order chi connectivity index (χ1) is 28.5. The van der Waals surface area contributed by atoms with Crippen LogP contribution in [0.2, 0.25) is 0 Å². The van der Waals surface area contributed by atoms with Crippen molar-refractivity contribution in [2.24, 2.45) is 5.92 Å². The lowest BCUT2D eigenvalue weighted by Gasteiger charge is -2.29. The Bertz CT molecular complexity index is 2000. The van der Waals surface area contributed by atoms with Crippen molar-refractivity contribution in [2.75, 3.05) is 19.8 Å². The van der Waals surface area contributed by atoms with Crippen molar-refractivity contribution in [3.8, 4) is 16.9 Å². The lowest BCUT2D eigenvalue weighted by atomic mass is 9.97. The van der Waals surface area contributed by atoms with Crippen LogP contribution in [0.1, 0.15) is 67.7 Å². The number of nitrogens with one attached hydrogen (secondary N) is 3. The maximum Gasteiger partial charge on any atom is 0.407 e. The van der Waals surface area contributed by atoms with Crippen molar-refractivity contribution in [3.05, 3.63) is 151 Å². The lowest BCUT2D eigenvalue weighted by Crippen LogP contribution is -2.51. The number of carbonyl (C=O) groups is 4. The minimum atomic E-state index is -1.03.